The number of ether oxygens (including phenoxy) is 1. The van der Waals surface area contributed by atoms with Crippen LogP contribution in [0, 0.1) is 0 Å². The molecule has 0 aliphatic carbocycles. The second-order valence-electron chi connectivity index (χ2n) is 6.38. The van der Waals surface area contributed by atoms with Gasteiger partial charge in [-0.05, 0) is 37.1 Å². The van der Waals surface area contributed by atoms with E-state index in [1.54, 1.807) is 35.4 Å². The SMILES string of the molecule is O=Cc1c(O)cccc1OCC1CCCN1C(=O)c1cccnc1CCO. The molecule has 27 heavy (non-hydrogen) atoms. The third-order valence-corrected chi connectivity index (χ3v) is 4.70. The zero-order chi connectivity index (χ0) is 19.2. The quantitative estimate of drug-likeness (QED) is 0.721. The summed E-state index contributed by atoms with van der Waals surface area (Å²) in [6.07, 6.45) is 4.13. The second kappa shape index (κ2) is 8.64. The predicted octanol–water partition coefficient (Wildman–Crippen LogP) is 1.82. The molecule has 7 nitrogen and oxygen atoms in total. The molecule has 1 aromatic carbocycles. The van der Waals surface area contributed by atoms with Crippen LogP contribution in [0.4, 0.5) is 0 Å². The van der Waals surface area contributed by atoms with E-state index in [9.17, 15) is 19.8 Å². The third kappa shape index (κ3) is 4.09. The number of aldehydes is 1. The number of rotatable bonds is 7. The van der Waals surface area contributed by atoms with Crippen LogP contribution in [0.5, 0.6) is 11.5 Å². The van der Waals surface area contributed by atoms with E-state index < -0.39 is 0 Å². The maximum Gasteiger partial charge on any atom is 0.256 e. The van der Waals surface area contributed by atoms with E-state index in [4.69, 9.17) is 4.74 Å². The van der Waals surface area contributed by atoms with Gasteiger partial charge in [-0.2, -0.15) is 0 Å². The number of carbonyl (C=O) groups excluding carboxylic acids is 2. The Morgan fingerprint density at radius 2 is 2.19 bits per heavy atom. The molecule has 1 saturated heterocycles. The van der Waals surface area contributed by atoms with Crippen molar-refractivity contribution < 1.29 is 24.5 Å². The minimum Gasteiger partial charge on any atom is -0.507 e. The molecule has 1 aliphatic heterocycles. The number of aromatic hydroxyl groups is 1. The fourth-order valence-corrected chi connectivity index (χ4v) is 3.33. The van der Waals surface area contributed by atoms with Gasteiger partial charge in [0.25, 0.3) is 5.91 Å². The highest BCUT2D eigenvalue weighted by atomic mass is 16.5. The van der Waals surface area contributed by atoms with E-state index in [1.807, 2.05) is 0 Å². The molecule has 2 aromatic rings. The van der Waals surface area contributed by atoms with E-state index in [2.05, 4.69) is 4.98 Å². The van der Waals surface area contributed by atoms with E-state index in [1.165, 1.54) is 6.07 Å². The molecule has 0 bridgehead atoms. The monoisotopic (exact) mass is 370 g/mol. The lowest BCUT2D eigenvalue weighted by atomic mass is 10.1. The van der Waals surface area contributed by atoms with E-state index >= 15 is 0 Å². The largest absolute Gasteiger partial charge is 0.507 e. The van der Waals surface area contributed by atoms with Crippen molar-refractivity contribution in [3.05, 3.63) is 53.3 Å². The molecule has 1 amide bonds. The smallest absolute Gasteiger partial charge is 0.256 e. The van der Waals surface area contributed by atoms with Gasteiger partial charge in [0.2, 0.25) is 0 Å². The summed E-state index contributed by atoms with van der Waals surface area (Å²) in [5.41, 5.74) is 1.17. The highest BCUT2D eigenvalue weighted by molar-refractivity contribution is 5.95. The first-order chi connectivity index (χ1) is 13.2. The molecule has 0 saturated carbocycles. The van der Waals surface area contributed by atoms with Gasteiger partial charge in [0.1, 0.15) is 18.1 Å². The third-order valence-electron chi connectivity index (χ3n) is 4.70. The molecule has 2 heterocycles. The van der Waals surface area contributed by atoms with Crippen molar-refractivity contribution >= 4 is 12.2 Å². The van der Waals surface area contributed by atoms with Crippen LogP contribution in [-0.4, -0.2) is 58.1 Å². The first-order valence-electron chi connectivity index (χ1n) is 8.91. The van der Waals surface area contributed by atoms with Crippen LogP contribution in [0.15, 0.2) is 36.5 Å². The molecule has 7 heteroatoms. The summed E-state index contributed by atoms with van der Waals surface area (Å²) in [6.45, 7) is 0.766. The highest BCUT2D eigenvalue weighted by Gasteiger charge is 2.31. The van der Waals surface area contributed by atoms with Gasteiger partial charge < -0.3 is 19.8 Å². The van der Waals surface area contributed by atoms with E-state index in [0.717, 1.165) is 12.8 Å². The number of pyridine rings is 1. The lowest BCUT2D eigenvalue weighted by Crippen LogP contribution is -2.39. The topological polar surface area (TPSA) is 100.0 Å². The van der Waals surface area contributed by atoms with Crippen molar-refractivity contribution in [1.29, 1.82) is 0 Å². The maximum absolute atomic E-state index is 13.0. The Kier molecular flexibility index (Phi) is 6.03. The van der Waals surface area contributed by atoms with Gasteiger partial charge in [-0.1, -0.05) is 6.07 Å². The lowest BCUT2D eigenvalue weighted by Gasteiger charge is -2.26. The summed E-state index contributed by atoms with van der Waals surface area (Å²) in [4.78, 5) is 30.1. The number of phenols is 1. The number of nitrogens with zero attached hydrogens (tertiary/aromatic N) is 2. The van der Waals surface area contributed by atoms with E-state index in [0.29, 0.717) is 36.3 Å². The van der Waals surface area contributed by atoms with Crippen molar-refractivity contribution in [2.24, 2.45) is 0 Å². The van der Waals surface area contributed by atoms with Gasteiger partial charge in [0.05, 0.1) is 22.9 Å². The average Bonchev–Trinajstić information content (AvgIpc) is 3.15. The summed E-state index contributed by atoms with van der Waals surface area (Å²) in [5.74, 6) is 0.0293. The first-order valence-corrected chi connectivity index (χ1v) is 8.91. The molecule has 1 fully saturated rings. The molecule has 1 aliphatic rings. The van der Waals surface area contributed by atoms with Gasteiger partial charge in [-0.3, -0.25) is 14.6 Å². The molecule has 0 radical (unpaired) electrons. The minimum atomic E-state index is -0.137. The number of hydrogen-bond acceptors (Lipinski definition) is 6. The zero-order valence-corrected chi connectivity index (χ0v) is 14.9. The van der Waals surface area contributed by atoms with Gasteiger partial charge in [0.15, 0.2) is 6.29 Å². The van der Waals surface area contributed by atoms with Gasteiger partial charge in [0, 0.05) is 25.8 Å². The normalized spacial score (nSPS) is 16.3. The van der Waals surface area contributed by atoms with Crippen LogP contribution in [0.3, 0.4) is 0 Å². The number of likely N-dealkylation sites (tertiary alicyclic amines) is 1. The Bertz CT molecular complexity index is 824. The van der Waals surface area contributed by atoms with Crippen LogP contribution in [-0.2, 0) is 6.42 Å². The standard InChI is InChI=1S/C20H22N2O5/c23-11-8-17-15(5-2-9-21-17)20(26)22-10-3-4-14(22)13-27-19-7-1-6-18(25)16(19)12-24/h1-2,5-7,9,12,14,23,25H,3-4,8,10-11,13H2. The number of hydrogen-bond donors (Lipinski definition) is 2. The molecule has 1 unspecified atom stereocenters. The molecular weight excluding hydrogens is 348 g/mol. The van der Waals surface area contributed by atoms with Crippen molar-refractivity contribution in [2.75, 3.05) is 19.8 Å². The summed E-state index contributed by atoms with van der Waals surface area (Å²) >= 11 is 0. The Morgan fingerprint density at radius 1 is 1.33 bits per heavy atom. The van der Waals surface area contributed by atoms with Crippen LogP contribution >= 0.6 is 0 Å². The summed E-state index contributed by atoms with van der Waals surface area (Å²) < 4.78 is 5.75. The second-order valence-corrected chi connectivity index (χ2v) is 6.38. The highest BCUT2D eigenvalue weighted by Crippen LogP contribution is 2.27. The summed E-state index contributed by atoms with van der Waals surface area (Å²) in [5, 5.41) is 18.9. The van der Waals surface area contributed by atoms with Gasteiger partial charge >= 0.3 is 0 Å². The maximum atomic E-state index is 13.0. The van der Waals surface area contributed by atoms with Crippen molar-refractivity contribution in [1.82, 2.24) is 9.88 Å². The number of aliphatic hydroxyl groups is 1. The predicted molar refractivity (Wildman–Crippen MR) is 98.1 cm³/mol. The molecule has 2 N–H and O–H groups in total. The number of phenolic OH excluding ortho intramolecular Hbond substituents is 1. The Morgan fingerprint density at radius 3 is 2.96 bits per heavy atom. The van der Waals surface area contributed by atoms with Crippen molar-refractivity contribution in [3.8, 4) is 11.5 Å². The molecule has 3 rings (SSSR count). The average molecular weight is 370 g/mol. The molecule has 0 spiro atoms. The fourth-order valence-electron chi connectivity index (χ4n) is 3.33. The van der Waals surface area contributed by atoms with Crippen LogP contribution in [0.1, 0.15) is 39.3 Å². The van der Waals surface area contributed by atoms with Crippen LogP contribution in [0.25, 0.3) is 0 Å². The lowest BCUT2D eigenvalue weighted by molar-refractivity contribution is 0.0688. The molecule has 142 valence electrons. The van der Waals surface area contributed by atoms with Crippen molar-refractivity contribution in [3.63, 3.8) is 0 Å². The zero-order valence-electron chi connectivity index (χ0n) is 14.9. The van der Waals surface area contributed by atoms with Gasteiger partial charge in [-0.15, -0.1) is 0 Å². The number of benzene rings is 1. The van der Waals surface area contributed by atoms with Crippen molar-refractivity contribution in [2.45, 2.75) is 25.3 Å². The van der Waals surface area contributed by atoms with Crippen LogP contribution < -0.4 is 4.74 Å². The number of aromatic nitrogens is 1. The summed E-state index contributed by atoms with van der Waals surface area (Å²) in [6, 6.07) is 7.93. The number of amides is 1. The summed E-state index contributed by atoms with van der Waals surface area (Å²) in [7, 11) is 0. The minimum absolute atomic E-state index is 0.0736. The van der Waals surface area contributed by atoms with Gasteiger partial charge in [-0.25, -0.2) is 0 Å². The first kappa shape index (κ1) is 18.8. The number of aliphatic hydroxyl groups excluding tert-OH is 1. The Balaban J connectivity index is 1.74. The molecule has 1 aromatic heterocycles. The molecular formula is C20H22N2O5. The van der Waals surface area contributed by atoms with Crippen LogP contribution in [0.2, 0.25) is 0 Å². The number of carbonyl (C=O) groups is 2. The fraction of sp³-hybridized carbons (Fsp3) is 0.350. The van der Waals surface area contributed by atoms with E-state index in [-0.39, 0.29) is 36.5 Å². The Labute approximate surface area is 157 Å². The molecule has 1 atom stereocenters. The Hall–Kier alpha value is -2.93.